The molecule has 1 saturated heterocycles. The van der Waals surface area contributed by atoms with Crippen LogP contribution in [0.5, 0.6) is 0 Å². The Kier molecular flexibility index (Phi) is 3.33. The lowest BCUT2D eigenvalue weighted by atomic mass is 10.1. The minimum atomic E-state index is -0.471. The van der Waals surface area contributed by atoms with Gasteiger partial charge >= 0.3 is 0 Å². The number of piperidine rings is 1. The molecule has 1 fully saturated rings. The van der Waals surface area contributed by atoms with Gasteiger partial charge in [-0.2, -0.15) is 4.39 Å². The Morgan fingerprint density at radius 3 is 3.00 bits per heavy atom. The Bertz CT molecular complexity index is 358. The summed E-state index contributed by atoms with van der Waals surface area (Å²) in [7, 11) is 4.08. The molecular formula is C11H17FN4. The summed E-state index contributed by atoms with van der Waals surface area (Å²) in [5.41, 5.74) is 0. The van der Waals surface area contributed by atoms with Crippen LogP contribution in [-0.4, -0.2) is 48.1 Å². The summed E-state index contributed by atoms with van der Waals surface area (Å²) >= 11 is 0. The first-order valence-corrected chi connectivity index (χ1v) is 5.56. The summed E-state index contributed by atoms with van der Waals surface area (Å²) in [6.07, 6.45) is 3.58. The van der Waals surface area contributed by atoms with Crippen molar-refractivity contribution in [2.24, 2.45) is 0 Å². The van der Waals surface area contributed by atoms with Crippen molar-refractivity contribution in [2.75, 3.05) is 32.1 Å². The second kappa shape index (κ2) is 4.74. The molecule has 1 unspecified atom stereocenters. The largest absolute Gasteiger partial charge is 0.355 e. The van der Waals surface area contributed by atoms with E-state index >= 15 is 0 Å². The van der Waals surface area contributed by atoms with Crippen molar-refractivity contribution in [1.82, 2.24) is 14.9 Å². The lowest BCUT2D eigenvalue weighted by molar-refractivity contribution is 0.247. The number of halogens is 1. The molecular weight excluding hydrogens is 207 g/mol. The third kappa shape index (κ3) is 2.47. The minimum absolute atomic E-state index is 0.410. The van der Waals surface area contributed by atoms with Gasteiger partial charge in [0.25, 0.3) is 0 Å². The highest BCUT2D eigenvalue weighted by Crippen LogP contribution is 2.18. The zero-order chi connectivity index (χ0) is 11.5. The van der Waals surface area contributed by atoms with E-state index in [4.69, 9.17) is 0 Å². The van der Waals surface area contributed by atoms with Crippen LogP contribution in [0.3, 0.4) is 0 Å². The highest BCUT2D eigenvalue weighted by Gasteiger charge is 2.22. The van der Waals surface area contributed by atoms with E-state index in [2.05, 4.69) is 21.9 Å². The van der Waals surface area contributed by atoms with Crippen molar-refractivity contribution in [3.05, 3.63) is 18.3 Å². The van der Waals surface area contributed by atoms with Gasteiger partial charge in [-0.1, -0.05) is 0 Å². The van der Waals surface area contributed by atoms with E-state index in [0.717, 1.165) is 19.5 Å². The monoisotopic (exact) mass is 224 g/mol. The van der Waals surface area contributed by atoms with Crippen LogP contribution in [0.25, 0.3) is 0 Å². The normalized spacial score (nSPS) is 22.1. The predicted molar refractivity (Wildman–Crippen MR) is 60.9 cm³/mol. The molecule has 0 bridgehead atoms. The molecule has 4 nitrogen and oxygen atoms in total. The molecule has 0 N–H and O–H groups in total. The standard InChI is InChI=1S/C11H17FN4/c1-15-5-3-4-9(7-15)16(2)11-6-10(12)13-8-14-11/h6,8-9H,3-5,7H2,1-2H3. The van der Waals surface area contributed by atoms with Crippen molar-refractivity contribution < 1.29 is 4.39 Å². The zero-order valence-electron chi connectivity index (χ0n) is 9.73. The van der Waals surface area contributed by atoms with Crippen molar-refractivity contribution in [2.45, 2.75) is 18.9 Å². The first-order valence-electron chi connectivity index (χ1n) is 5.56. The molecule has 2 rings (SSSR count). The fourth-order valence-corrected chi connectivity index (χ4v) is 2.16. The van der Waals surface area contributed by atoms with Gasteiger partial charge in [-0.25, -0.2) is 9.97 Å². The van der Waals surface area contributed by atoms with Crippen LogP contribution in [0, 0.1) is 5.95 Å². The number of anilines is 1. The third-order valence-electron chi connectivity index (χ3n) is 3.13. The molecule has 2 heterocycles. The van der Waals surface area contributed by atoms with Gasteiger partial charge < -0.3 is 9.80 Å². The number of rotatable bonds is 2. The van der Waals surface area contributed by atoms with E-state index in [0.29, 0.717) is 11.9 Å². The topological polar surface area (TPSA) is 32.3 Å². The van der Waals surface area contributed by atoms with Crippen LogP contribution in [0.1, 0.15) is 12.8 Å². The second-order valence-electron chi connectivity index (χ2n) is 4.37. The molecule has 0 radical (unpaired) electrons. The van der Waals surface area contributed by atoms with Crippen LogP contribution in [0.4, 0.5) is 10.2 Å². The molecule has 0 spiro atoms. The number of aromatic nitrogens is 2. The van der Waals surface area contributed by atoms with E-state index in [1.165, 1.54) is 18.8 Å². The molecule has 1 aromatic heterocycles. The van der Waals surface area contributed by atoms with E-state index in [1.807, 2.05) is 11.9 Å². The maximum Gasteiger partial charge on any atom is 0.218 e. The number of hydrogen-bond acceptors (Lipinski definition) is 4. The first-order chi connectivity index (χ1) is 7.66. The lowest BCUT2D eigenvalue weighted by Gasteiger charge is -2.36. The van der Waals surface area contributed by atoms with Crippen molar-refractivity contribution in [1.29, 1.82) is 0 Å². The van der Waals surface area contributed by atoms with Crippen molar-refractivity contribution >= 4 is 5.82 Å². The van der Waals surface area contributed by atoms with Crippen LogP contribution in [0.2, 0.25) is 0 Å². The Morgan fingerprint density at radius 2 is 2.31 bits per heavy atom. The molecule has 0 saturated carbocycles. The lowest BCUT2D eigenvalue weighted by Crippen LogP contribution is -2.45. The summed E-state index contributed by atoms with van der Waals surface area (Å²) in [5, 5.41) is 0. The molecule has 1 aliphatic rings. The van der Waals surface area contributed by atoms with Gasteiger partial charge in [0.2, 0.25) is 5.95 Å². The van der Waals surface area contributed by atoms with E-state index < -0.39 is 5.95 Å². The maximum atomic E-state index is 13.0. The van der Waals surface area contributed by atoms with Gasteiger partial charge in [0.05, 0.1) is 0 Å². The molecule has 0 aromatic carbocycles. The SMILES string of the molecule is CN1CCCC(N(C)c2cc(F)ncn2)C1. The number of nitrogens with zero attached hydrogens (tertiary/aromatic N) is 4. The Hall–Kier alpha value is -1.23. The molecule has 1 aliphatic heterocycles. The average molecular weight is 224 g/mol. The molecule has 1 aromatic rings. The predicted octanol–water partition coefficient (Wildman–Crippen LogP) is 1.15. The van der Waals surface area contributed by atoms with Crippen molar-refractivity contribution in [3.63, 3.8) is 0 Å². The van der Waals surface area contributed by atoms with Gasteiger partial charge in [-0.3, -0.25) is 0 Å². The summed E-state index contributed by atoms with van der Waals surface area (Å²) in [6, 6.07) is 1.79. The summed E-state index contributed by atoms with van der Waals surface area (Å²) in [6.45, 7) is 2.14. The Morgan fingerprint density at radius 1 is 1.50 bits per heavy atom. The number of likely N-dealkylation sites (tertiary alicyclic amines) is 1. The van der Waals surface area contributed by atoms with Crippen LogP contribution < -0.4 is 4.90 Å². The summed E-state index contributed by atoms with van der Waals surface area (Å²) in [5.74, 6) is 0.189. The smallest absolute Gasteiger partial charge is 0.218 e. The molecule has 0 aliphatic carbocycles. The van der Waals surface area contributed by atoms with E-state index in [9.17, 15) is 4.39 Å². The highest BCUT2D eigenvalue weighted by atomic mass is 19.1. The summed E-state index contributed by atoms with van der Waals surface area (Å²) in [4.78, 5) is 11.9. The van der Waals surface area contributed by atoms with Gasteiger partial charge in [-0.05, 0) is 26.4 Å². The Labute approximate surface area is 95.1 Å². The summed E-state index contributed by atoms with van der Waals surface area (Å²) < 4.78 is 13.0. The molecule has 5 heteroatoms. The maximum absolute atomic E-state index is 13.0. The fourth-order valence-electron chi connectivity index (χ4n) is 2.16. The average Bonchev–Trinajstić information content (AvgIpc) is 2.28. The number of likely N-dealkylation sites (N-methyl/N-ethyl adjacent to an activating group) is 2. The zero-order valence-corrected chi connectivity index (χ0v) is 9.73. The van der Waals surface area contributed by atoms with Crippen LogP contribution in [-0.2, 0) is 0 Å². The quantitative estimate of drug-likeness (QED) is 0.705. The molecule has 16 heavy (non-hydrogen) atoms. The number of hydrogen-bond donors (Lipinski definition) is 0. The van der Waals surface area contributed by atoms with E-state index in [1.54, 1.807) is 0 Å². The second-order valence-corrected chi connectivity index (χ2v) is 4.37. The van der Waals surface area contributed by atoms with Gasteiger partial charge in [0.15, 0.2) is 0 Å². The molecule has 88 valence electrons. The highest BCUT2D eigenvalue weighted by molar-refractivity contribution is 5.37. The van der Waals surface area contributed by atoms with E-state index in [-0.39, 0.29) is 0 Å². The molecule has 1 atom stereocenters. The van der Waals surface area contributed by atoms with Crippen molar-refractivity contribution in [3.8, 4) is 0 Å². The van der Waals surface area contributed by atoms with Gasteiger partial charge in [0, 0.05) is 25.7 Å². The van der Waals surface area contributed by atoms with Gasteiger partial charge in [0.1, 0.15) is 12.1 Å². The molecule has 0 amide bonds. The third-order valence-corrected chi connectivity index (χ3v) is 3.13. The van der Waals surface area contributed by atoms with Gasteiger partial charge in [-0.15, -0.1) is 0 Å². The fraction of sp³-hybridized carbons (Fsp3) is 0.636. The van der Waals surface area contributed by atoms with Crippen LogP contribution >= 0.6 is 0 Å². The first kappa shape index (κ1) is 11.3. The minimum Gasteiger partial charge on any atom is -0.355 e. The Balaban J connectivity index is 2.09. The van der Waals surface area contributed by atoms with Crippen LogP contribution in [0.15, 0.2) is 12.4 Å².